The van der Waals surface area contributed by atoms with Gasteiger partial charge in [0.1, 0.15) is 5.60 Å². The Morgan fingerprint density at radius 3 is 2.78 bits per heavy atom. The molecule has 1 aromatic rings. The van der Waals surface area contributed by atoms with Gasteiger partial charge in [0.2, 0.25) is 5.28 Å². The number of morpholine rings is 1. The van der Waals surface area contributed by atoms with E-state index in [0.29, 0.717) is 32.1 Å². The average molecular weight is 398 g/mol. The Balaban J connectivity index is 1.69. The number of piperidine rings is 1. The van der Waals surface area contributed by atoms with E-state index in [4.69, 9.17) is 21.1 Å². The number of nitrogens with zero attached hydrogens (tertiary/aromatic N) is 4. The van der Waals surface area contributed by atoms with Crippen LogP contribution >= 0.6 is 11.6 Å². The molecule has 0 unspecified atom stereocenters. The lowest BCUT2D eigenvalue weighted by Crippen LogP contribution is -2.47. The lowest BCUT2D eigenvalue weighted by molar-refractivity contribution is 0.0206. The van der Waals surface area contributed by atoms with Crippen molar-refractivity contribution in [2.75, 3.05) is 49.6 Å². The van der Waals surface area contributed by atoms with Crippen LogP contribution in [0.5, 0.6) is 0 Å². The van der Waals surface area contributed by atoms with E-state index in [9.17, 15) is 4.79 Å². The summed E-state index contributed by atoms with van der Waals surface area (Å²) < 4.78 is 10.9. The molecule has 8 nitrogen and oxygen atoms in total. The van der Waals surface area contributed by atoms with E-state index in [1.165, 1.54) is 0 Å². The van der Waals surface area contributed by atoms with Crippen LogP contribution in [0, 0.1) is 0 Å². The molecule has 1 aromatic heterocycles. The van der Waals surface area contributed by atoms with Crippen LogP contribution in [-0.2, 0) is 9.47 Å². The maximum Gasteiger partial charge on any atom is 0.410 e. The molecule has 2 aliphatic heterocycles. The quantitative estimate of drug-likeness (QED) is 0.785. The van der Waals surface area contributed by atoms with Gasteiger partial charge in [-0.05, 0) is 45.2 Å². The fourth-order valence-electron chi connectivity index (χ4n) is 3.28. The summed E-state index contributed by atoms with van der Waals surface area (Å²) in [7, 11) is 0. The number of carbonyl (C=O) groups excluding carboxylic acids is 1. The summed E-state index contributed by atoms with van der Waals surface area (Å²) in [6.45, 7) is 9.83. The number of hydrogen-bond donors (Lipinski definition) is 1. The van der Waals surface area contributed by atoms with Gasteiger partial charge in [0, 0.05) is 32.2 Å². The zero-order chi connectivity index (χ0) is 19.4. The predicted molar refractivity (Wildman–Crippen MR) is 105 cm³/mol. The first kappa shape index (κ1) is 19.9. The SMILES string of the molecule is CC(C)(C)OC(=O)N1CCC[C@H](Nc2nc(Cl)ncc2N2CCOCC2)C1. The Morgan fingerprint density at radius 1 is 1.33 bits per heavy atom. The van der Waals surface area contributed by atoms with Crippen molar-refractivity contribution in [2.24, 2.45) is 0 Å². The number of anilines is 2. The van der Waals surface area contributed by atoms with E-state index in [-0.39, 0.29) is 17.4 Å². The smallest absolute Gasteiger partial charge is 0.410 e. The normalized spacial score (nSPS) is 21.1. The van der Waals surface area contributed by atoms with Crippen LogP contribution in [0.3, 0.4) is 0 Å². The average Bonchev–Trinajstić information content (AvgIpc) is 2.61. The second-order valence-corrected chi connectivity index (χ2v) is 8.22. The fourth-order valence-corrected chi connectivity index (χ4v) is 3.41. The molecule has 0 spiro atoms. The van der Waals surface area contributed by atoms with Crippen molar-refractivity contribution in [2.45, 2.75) is 45.3 Å². The van der Waals surface area contributed by atoms with Crippen molar-refractivity contribution >= 4 is 29.2 Å². The number of hydrogen-bond acceptors (Lipinski definition) is 7. The Kier molecular flexibility index (Phi) is 6.26. The molecule has 150 valence electrons. The van der Waals surface area contributed by atoms with Gasteiger partial charge in [0.05, 0.1) is 25.1 Å². The molecule has 0 bridgehead atoms. The predicted octanol–water partition coefficient (Wildman–Crippen LogP) is 2.78. The third-order valence-electron chi connectivity index (χ3n) is 4.51. The summed E-state index contributed by atoms with van der Waals surface area (Å²) in [5.74, 6) is 0.702. The zero-order valence-electron chi connectivity index (χ0n) is 16.2. The van der Waals surface area contributed by atoms with Crippen molar-refractivity contribution in [3.05, 3.63) is 11.5 Å². The second kappa shape index (κ2) is 8.48. The summed E-state index contributed by atoms with van der Waals surface area (Å²) in [5.41, 5.74) is 0.415. The Morgan fingerprint density at radius 2 is 2.07 bits per heavy atom. The van der Waals surface area contributed by atoms with E-state index in [1.807, 2.05) is 20.8 Å². The van der Waals surface area contributed by atoms with Crippen molar-refractivity contribution in [3.8, 4) is 0 Å². The molecule has 1 atom stereocenters. The number of ether oxygens (including phenoxy) is 2. The number of likely N-dealkylation sites (tertiary alicyclic amines) is 1. The van der Waals surface area contributed by atoms with Crippen LogP contribution in [0.15, 0.2) is 6.20 Å². The first-order chi connectivity index (χ1) is 12.8. The largest absolute Gasteiger partial charge is 0.444 e. The molecule has 2 fully saturated rings. The molecule has 27 heavy (non-hydrogen) atoms. The number of nitrogens with one attached hydrogen (secondary N) is 1. The Hall–Kier alpha value is -1.80. The molecule has 2 aliphatic rings. The van der Waals surface area contributed by atoms with Gasteiger partial charge >= 0.3 is 6.09 Å². The first-order valence-corrected chi connectivity index (χ1v) is 9.79. The van der Waals surface area contributed by atoms with Crippen molar-refractivity contribution in [3.63, 3.8) is 0 Å². The van der Waals surface area contributed by atoms with Crippen LogP contribution in [0.4, 0.5) is 16.3 Å². The molecule has 0 saturated carbocycles. The van der Waals surface area contributed by atoms with Crippen LogP contribution < -0.4 is 10.2 Å². The molecule has 1 amide bonds. The van der Waals surface area contributed by atoms with Gasteiger partial charge in [-0.25, -0.2) is 9.78 Å². The minimum absolute atomic E-state index is 0.0806. The van der Waals surface area contributed by atoms with Gasteiger partial charge in [-0.2, -0.15) is 4.98 Å². The van der Waals surface area contributed by atoms with Crippen molar-refractivity contribution in [1.82, 2.24) is 14.9 Å². The number of carbonyl (C=O) groups is 1. The minimum atomic E-state index is -0.499. The third kappa shape index (κ3) is 5.59. The molecule has 3 rings (SSSR count). The van der Waals surface area contributed by atoms with Crippen LogP contribution in [0.25, 0.3) is 0 Å². The van der Waals surface area contributed by atoms with Gasteiger partial charge in [-0.3, -0.25) is 0 Å². The van der Waals surface area contributed by atoms with E-state index in [2.05, 4.69) is 20.2 Å². The molecule has 9 heteroatoms. The number of rotatable bonds is 3. The number of amides is 1. The number of halogens is 1. The van der Waals surface area contributed by atoms with Crippen LogP contribution in [-0.4, -0.2) is 72.0 Å². The van der Waals surface area contributed by atoms with Gasteiger partial charge in [0.15, 0.2) is 5.82 Å². The highest BCUT2D eigenvalue weighted by atomic mass is 35.5. The maximum atomic E-state index is 12.4. The van der Waals surface area contributed by atoms with Gasteiger partial charge in [-0.1, -0.05) is 0 Å². The summed E-state index contributed by atoms with van der Waals surface area (Å²) in [5, 5.41) is 3.67. The lowest BCUT2D eigenvalue weighted by Gasteiger charge is -2.35. The number of aromatic nitrogens is 2. The standard InChI is InChI=1S/C18H28ClN5O3/c1-18(2,3)27-17(25)24-6-4-5-13(12-24)21-15-14(11-20-16(19)22-15)23-7-9-26-10-8-23/h11,13H,4-10,12H2,1-3H3,(H,20,21,22)/t13-/m0/s1. The summed E-state index contributed by atoms with van der Waals surface area (Å²) in [6.07, 6.45) is 3.33. The summed E-state index contributed by atoms with van der Waals surface area (Å²) >= 11 is 6.04. The van der Waals surface area contributed by atoms with Crippen molar-refractivity contribution in [1.29, 1.82) is 0 Å². The van der Waals surface area contributed by atoms with Crippen LogP contribution in [0.1, 0.15) is 33.6 Å². The van der Waals surface area contributed by atoms with E-state index in [0.717, 1.165) is 31.6 Å². The molecule has 3 heterocycles. The minimum Gasteiger partial charge on any atom is -0.444 e. The highest BCUT2D eigenvalue weighted by Crippen LogP contribution is 2.27. The maximum absolute atomic E-state index is 12.4. The molecule has 1 N–H and O–H groups in total. The third-order valence-corrected chi connectivity index (χ3v) is 4.69. The van der Waals surface area contributed by atoms with E-state index < -0.39 is 5.60 Å². The Bertz CT molecular complexity index is 661. The topological polar surface area (TPSA) is 79.8 Å². The lowest BCUT2D eigenvalue weighted by atomic mass is 10.1. The molecular weight excluding hydrogens is 370 g/mol. The van der Waals surface area contributed by atoms with E-state index >= 15 is 0 Å². The molecule has 2 saturated heterocycles. The monoisotopic (exact) mass is 397 g/mol. The van der Waals surface area contributed by atoms with Crippen molar-refractivity contribution < 1.29 is 14.3 Å². The molecule has 0 aromatic carbocycles. The second-order valence-electron chi connectivity index (χ2n) is 7.88. The van der Waals surface area contributed by atoms with E-state index in [1.54, 1.807) is 11.1 Å². The summed E-state index contributed by atoms with van der Waals surface area (Å²) in [4.78, 5) is 24.9. The molecular formula is C18H28ClN5O3. The highest BCUT2D eigenvalue weighted by Gasteiger charge is 2.28. The van der Waals surface area contributed by atoms with Gasteiger partial charge in [0.25, 0.3) is 0 Å². The van der Waals surface area contributed by atoms with Crippen LogP contribution in [0.2, 0.25) is 5.28 Å². The molecule has 0 aliphatic carbocycles. The first-order valence-electron chi connectivity index (χ1n) is 9.41. The molecule has 0 radical (unpaired) electrons. The van der Waals surface area contributed by atoms with Gasteiger partial charge in [-0.15, -0.1) is 0 Å². The highest BCUT2D eigenvalue weighted by molar-refractivity contribution is 6.28. The van der Waals surface area contributed by atoms with Gasteiger partial charge < -0.3 is 24.6 Å². The fraction of sp³-hybridized carbons (Fsp3) is 0.722. The summed E-state index contributed by atoms with van der Waals surface area (Å²) in [6, 6.07) is 0.0806. The zero-order valence-corrected chi connectivity index (χ0v) is 17.0. The Labute approximate surface area is 165 Å².